The average Bonchev–Trinajstić information content (AvgIpc) is 3.16. The summed E-state index contributed by atoms with van der Waals surface area (Å²) in [6.45, 7) is 4.21. The predicted octanol–water partition coefficient (Wildman–Crippen LogP) is 9.31. The molecule has 0 fully saturated rings. The van der Waals surface area contributed by atoms with Crippen LogP contribution in [0.5, 0.6) is 5.75 Å². The van der Waals surface area contributed by atoms with Crippen LogP contribution in [0.4, 0.5) is 11.4 Å². The lowest BCUT2D eigenvalue weighted by Crippen LogP contribution is -2.38. The van der Waals surface area contributed by atoms with Gasteiger partial charge in [-0.1, -0.05) is 87.5 Å². The maximum atomic E-state index is 14.3. The third-order valence-corrected chi connectivity index (χ3v) is 8.73. The van der Waals surface area contributed by atoms with Gasteiger partial charge >= 0.3 is 5.97 Å². The summed E-state index contributed by atoms with van der Waals surface area (Å²) in [5, 5.41) is 4.24. The Bertz CT molecular complexity index is 1530. The molecule has 0 aromatic heterocycles. The number of nitrogens with one attached hydrogen (secondary N) is 1. The Morgan fingerprint density at radius 1 is 0.864 bits per heavy atom. The number of carbonyl (C=O) groups is 3. The van der Waals surface area contributed by atoms with Gasteiger partial charge in [0.05, 0.1) is 17.4 Å². The van der Waals surface area contributed by atoms with Crippen LogP contribution in [0.2, 0.25) is 5.02 Å². The molecule has 7 heteroatoms. The van der Waals surface area contributed by atoms with Gasteiger partial charge in [0, 0.05) is 35.6 Å². The van der Waals surface area contributed by atoms with Gasteiger partial charge in [0.2, 0.25) is 5.91 Å². The van der Waals surface area contributed by atoms with Crippen molar-refractivity contribution in [3.05, 3.63) is 100 Å². The fourth-order valence-electron chi connectivity index (χ4n) is 6.25. The molecule has 2 atom stereocenters. The number of Topliss-reactive ketones (excluding diaryl/α,β-unsaturated/α-hetero) is 1. The van der Waals surface area contributed by atoms with E-state index in [9.17, 15) is 14.4 Å². The molecule has 3 aromatic rings. The predicted molar refractivity (Wildman–Crippen MR) is 176 cm³/mol. The minimum Gasteiger partial charge on any atom is -0.427 e. The smallest absolute Gasteiger partial charge is 0.311 e. The molecule has 0 saturated carbocycles. The van der Waals surface area contributed by atoms with Gasteiger partial charge in [0.25, 0.3) is 0 Å². The van der Waals surface area contributed by atoms with Gasteiger partial charge in [-0.05, 0) is 72.7 Å². The van der Waals surface area contributed by atoms with Gasteiger partial charge < -0.3 is 10.1 Å². The Morgan fingerprint density at radius 2 is 1.59 bits per heavy atom. The highest BCUT2D eigenvalue weighted by Crippen LogP contribution is 2.48. The highest BCUT2D eigenvalue weighted by atomic mass is 35.5. The third kappa shape index (κ3) is 7.24. The lowest BCUT2D eigenvalue weighted by molar-refractivity contribution is -0.134. The quantitative estimate of drug-likeness (QED) is 0.133. The minimum absolute atomic E-state index is 0.00942. The summed E-state index contributed by atoms with van der Waals surface area (Å²) in [5.74, 6) is 0.0552. The number of nitrogens with zero attached hydrogens (tertiary/aromatic N) is 1. The van der Waals surface area contributed by atoms with Gasteiger partial charge in [-0.15, -0.1) is 0 Å². The summed E-state index contributed by atoms with van der Waals surface area (Å²) in [7, 11) is 0. The second kappa shape index (κ2) is 14.7. The molecule has 44 heavy (non-hydrogen) atoms. The molecule has 0 saturated heterocycles. The first-order valence-corrected chi connectivity index (χ1v) is 16.3. The van der Waals surface area contributed by atoms with Crippen molar-refractivity contribution in [3.63, 3.8) is 0 Å². The Hall–Kier alpha value is -3.90. The summed E-state index contributed by atoms with van der Waals surface area (Å²) in [5.41, 5.74) is 4.69. The number of unbranched alkanes of at least 4 members (excludes halogenated alkanes) is 4. The van der Waals surface area contributed by atoms with Crippen molar-refractivity contribution in [3.8, 4) is 5.75 Å². The molecule has 0 spiro atoms. The number of esters is 1. The summed E-state index contributed by atoms with van der Waals surface area (Å²) >= 11 is 6.16. The van der Waals surface area contributed by atoms with Gasteiger partial charge in [-0.3, -0.25) is 19.3 Å². The van der Waals surface area contributed by atoms with Gasteiger partial charge in [0.15, 0.2) is 5.78 Å². The van der Waals surface area contributed by atoms with Crippen LogP contribution in [0.3, 0.4) is 0 Å². The van der Waals surface area contributed by atoms with Crippen LogP contribution in [0, 0.1) is 0 Å². The normalized spacial score (nSPS) is 17.8. The second-order valence-corrected chi connectivity index (χ2v) is 12.2. The molecule has 6 nitrogen and oxygen atoms in total. The molecule has 3 aromatic carbocycles. The van der Waals surface area contributed by atoms with Crippen molar-refractivity contribution in [2.45, 2.75) is 90.0 Å². The molecule has 0 bridgehead atoms. The Balaban J connectivity index is 1.60. The number of carbonyl (C=O) groups excluding carboxylic acids is 3. The second-order valence-electron chi connectivity index (χ2n) is 11.7. The first kappa shape index (κ1) is 31.5. The van der Waals surface area contributed by atoms with E-state index in [1.54, 1.807) is 11.0 Å². The fourth-order valence-corrected chi connectivity index (χ4v) is 6.37. The van der Waals surface area contributed by atoms with E-state index >= 15 is 0 Å². The molecule has 0 unspecified atom stereocenters. The fraction of sp³-hybridized carbons (Fsp3) is 0.378. The number of rotatable bonds is 11. The van der Waals surface area contributed by atoms with Crippen molar-refractivity contribution < 1.29 is 19.1 Å². The highest BCUT2D eigenvalue weighted by Gasteiger charge is 2.41. The van der Waals surface area contributed by atoms with Crippen molar-refractivity contribution in [2.75, 3.05) is 10.2 Å². The first-order chi connectivity index (χ1) is 21.4. The number of allylic oxidation sites excluding steroid dienone is 1. The van der Waals surface area contributed by atoms with Crippen molar-refractivity contribution in [1.82, 2.24) is 0 Å². The number of benzene rings is 3. The number of ether oxygens (including phenoxy) is 1. The van der Waals surface area contributed by atoms with E-state index in [0.29, 0.717) is 42.0 Å². The zero-order valence-corrected chi connectivity index (χ0v) is 26.4. The lowest BCUT2D eigenvalue weighted by Gasteiger charge is -2.35. The number of halogens is 1. The van der Waals surface area contributed by atoms with E-state index in [2.05, 4.69) is 19.2 Å². The standard InChI is InChI=1S/C37H41ClN2O4/c1-3-5-7-16-34(42)40-32-15-10-9-14-30(32)39-31-23-27(25-18-20-28(38)21-19-25)24-33(41)36(31)37(40)26-12-11-13-29(22-26)44-35(43)17-8-6-4-2/h9-15,18-22,27,37,39H,3-8,16-17,23-24H2,1-2H3/t27-,37-/m0/s1. The maximum absolute atomic E-state index is 14.3. The van der Waals surface area contributed by atoms with Crippen LogP contribution in [0.15, 0.2) is 84.1 Å². The van der Waals surface area contributed by atoms with Gasteiger partial charge in [-0.25, -0.2) is 0 Å². The van der Waals surface area contributed by atoms with E-state index in [1.807, 2.05) is 66.7 Å². The molecule has 1 aliphatic heterocycles. The molecule has 1 amide bonds. The molecule has 1 heterocycles. The van der Waals surface area contributed by atoms with Gasteiger partial charge in [0.1, 0.15) is 5.75 Å². The van der Waals surface area contributed by atoms with Crippen LogP contribution < -0.4 is 15.0 Å². The SMILES string of the molecule is CCCCCC(=O)Oc1cccc([C@H]2C3=C(C[C@H](c4ccc(Cl)cc4)CC3=O)Nc3ccccc3N2C(=O)CCCCC)c1. The molecule has 1 aliphatic carbocycles. The van der Waals surface area contributed by atoms with E-state index in [-0.39, 0.29) is 23.6 Å². The number of hydrogen-bond acceptors (Lipinski definition) is 5. The van der Waals surface area contributed by atoms with Gasteiger partial charge in [-0.2, -0.15) is 0 Å². The minimum atomic E-state index is -0.673. The van der Waals surface area contributed by atoms with Crippen LogP contribution in [0.25, 0.3) is 0 Å². The topological polar surface area (TPSA) is 75.7 Å². The molecular formula is C37H41ClN2O4. The monoisotopic (exact) mass is 612 g/mol. The molecule has 0 radical (unpaired) electrons. The van der Waals surface area contributed by atoms with E-state index in [4.69, 9.17) is 16.3 Å². The first-order valence-electron chi connectivity index (χ1n) is 15.9. The zero-order chi connectivity index (χ0) is 31.1. The maximum Gasteiger partial charge on any atom is 0.311 e. The summed E-state index contributed by atoms with van der Waals surface area (Å²) < 4.78 is 5.75. The van der Waals surface area contributed by atoms with Crippen LogP contribution in [0.1, 0.15) is 101 Å². The third-order valence-electron chi connectivity index (χ3n) is 8.48. The zero-order valence-electron chi connectivity index (χ0n) is 25.6. The van der Waals surface area contributed by atoms with E-state index in [1.165, 1.54) is 0 Å². The Morgan fingerprint density at radius 3 is 2.34 bits per heavy atom. The number of ketones is 1. The van der Waals surface area contributed by atoms with E-state index < -0.39 is 6.04 Å². The number of hydrogen-bond donors (Lipinski definition) is 1. The largest absolute Gasteiger partial charge is 0.427 e. The highest BCUT2D eigenvalue weighted by molar-refractivity contribution is 6.30. The number of para-hydroxylation sites is 2. The van der Waals surface area contributed by atoms with E-state index in [0.717, 1.165) is 66.7 Å². The van der Waals surface area contributed by atoms with Crippen LogP contribution in [-0.4, -0.2) is 17.7 Å². The summed E-state index contributed by atoms with van der Waals surface area (Å²) in [6, 6.07) is 22.1. The van der Waals surface area contributed by atoms with Crippen LogP contribution in [-0.2, 0) is 14.4 Å². The van der Waals surface area contributed by atoms with Crippen molar-refractivity contribution in [1.29, 1.82) is 0 Å². The molecule has 1 N–H and O–H groups in total. The summed E-state index contributed by atoms with van der Waals surface area (Å²) in [4.78, 5) is 42.8. The van der Waals surface area contributed by atoms with Crippen molar-refractivity contribution >= 4 is 40.6 Å². The number of amides is 1. The van der Waals surface area contributed by atoms with Crippen LogP contribution >= 0.6 is 11.6 Å². The number of anilines is 2. The number of fused-ring (bicyclic) bond motifs is 1. The molecular weight excluding hydrogens is 572 g/mol. The summed E-state index contributed by atoms with van der Waals surface area (Å²) in [6.07, 6.45) is 7.12. The molecule has 2 aliphatic rings. The molecule has 5 rings (SSSR count). The Kier molecular flexibility index (Phi) is 10.5. The lowest BCUT2D eigenvalue weighted by atomic mass is 9.78. The average molecular weight is 613 g/mol. The Labute approximate surface area is 265 Å². The molecule has 230 valence electrons. The van der Waals surface area contributed by atoms with Crippen molar-refractivity contribution in [2.24, 2.45) is 0 Å².